The summed E-state index contributed by atoms with van der Waals surface area (Å²) < 4.78 is 0. The Kier molecular flexibility index (Phi) is 39.0. The number of nitrogens with zero attached hydrogens (tertiary/aromatic N) is 2. The zero-order valence-electron chi connectivity index (χ0n) is 33.1. The van der Waals surface area contributed by atoms with Crippen molar-refractivity contribution in [2.24, 2.45) is 10.8 Å². The number of carbonyl (C=O) groups excluding carboxylic acids is 5. The van der Waals surface area contributed by atoms with Crippen LogP contribution in [0.5, 0.6) is 0 Å². The number of imide groups is 1. The molecule has 11 heteroatoms. The van der Waals surface area contributed by atoms with Crippen molar-refractivity contribution in [2.45, 2.75) is 127 Å². The molecule has 2 saturated heterocycles. The van der Waals surface area contributed by atoms with Gasteiger partial charge < -0.3 is 25.5 Å². The van der Waals surface area contributed by atoms with Crippen LogP contribution in [-0.2, 0) is 56.5 Å². The summed E-state index contributed by atoms with van der Waals surface area (Å²) in [5, 5.41) is 11.8. The molecule has 2 fully saturated rings. The first-order valence-electron chi connectivity index (χ1n) is 17.4. The van der Waals surface area contributed by atoms with Gasteiger partial charge in [-0.25, -0.2) is 0 Å². The van der Waals surface area contributed by atoms with E-state index in [2.05, 4.69) is 95.4 Å². The molecule has 5 amide bonds. The third-order valence-corrected chi connectivity index (χ3v) is 6.57. The molecule has 9 nitrogen and oxygen atoms in total. The predicted octanol–water partition coefficient (Wildman–Crippen LogP) is 10.2. The topological polar surface area (TPSA) is 138 Å². The van der Waals surface area contributed by atoms with E-state index in [1.165, 1.54) is 39.8 Å². The van der Waals surface area contributed by atoms with Crippen molar-refractivity contribution >= 4 is 29.5 Å². The van der Waals surface area contributed by atoms with Crippen LogP contribution in [0.3, 0.4) is 0 Å². The summed E-state index contributed by atoms with van der Waals surface area (Å²) in [4.78, 5) is 52.8. The van der Waals surface area contributed by atoms with Crippen molar-refractivity contribution < 1.29 is 66.1 Å². The second kappa shape index (κ2) is 34.8. The Labute approximate surface area is 351 Å². The summed E-state index contributed by atoms with van der Waals surface area (Å²) in [5.74, 6) is -0.607. The fraction of sp³-hybridized carbons (Fsp3) is 0.548. The van der Waals surface area contributed by atoms with E-state index in [0.29, 0.717) is 47.6 Å². The number of nitrogens with one attached hydrogen (secondary N) is 2. The summed E-state index contributed by atoms with van der Waals surface area (Å²) in [6.07, 6.45) is 9.60. The van der Waals surface area contributed by atoms with E-state index in [-0.39, 0.29) is 79.1 Å². The fourth-order valence-electron chi connectivity index (χ4n) is 4.27. The van der Waals surface area contributed by atoms with E-state index < -0.39 is 0 Å². The molecular weight excluding hydrogens is 1010 g/mol. The molecule has 2 aliphatic rings. The second-order valence-corrected chi connectivity index (χ2v) is 14.1. The summed E-state index contributed by atoms with van der Waals surface area (Å²) in [6, 6.07) is 19.5. The van der Waals surface area contributed by atoms with Gasteiger partial charge >= 0.3 is 42.1 Å². The van der Waals surface area contributed by atoms with Crippen LogP contribution < -0.4 is 10.6 Å². The van der Waals surface area contributed by atoms with Gasteiger partial charge in [0, 0.05) is 25.0 Å². The Bertz CT molecular complexity index is 1150. The summed E-state index contributed by atoms with van der Waals surface area (Å²) in [6.45, 7) is 21.7. The molecule has 0 spiro atoms. The van der Waals surface area contributed by atoms with E-state index >= 15 is 0 Å². The van der Waals surface area contributed by atoms with Gasteiger partial charge in [-0.3, -0.25) is 19.7 Å². The van der Waals surface area contributed by atoms with Crippen LogP contribution >= 0.6 is 0 Å². The quantitative estimate of drug-likeness (QED) is 0.232. The second-order valence-electron chi connectivity index (χ2n) is 14.1. The zero-order chi connectivity index (χ0) is 38.6. The molecule has 0 aliphatic carbocycles. The normalized spacial score (nSPS) is 12.7. The maximum atomic E-state index is 10.8. The first-order chi connectivity index (χ1) is 23.4. The van der Waals surface area contributed by atoms with Gasteiger partial charge in [-0.05, 0) is 54.7 Å². The Balaban J connectivity index is -0.000000173. The number of rotatable bonds is 4. The van der Waals surface area contributed by atoms with Gasteiger partial charge in [0.2, 0.25) is 17.7 Å². The number of carbonyl (C=O) groups is 5. The fourth-order valence-corrected chi connectivity index (χ4v) is 4.27. The predicted molar refractivity (Wildman–Crippen MR) is 211 cm³/mol. The number of hydrogen-bond acceptors (Lipinski definition) is 5. The van der Waals surface area contributed by atoms with Crippen molar-refractivity contribution in [2.75, 3.05) is 14.1 Å². The SMILES string of the molecule is C.C=C1CCCC(=O)N1.CCCC(C)(C)C.CCCC(C)(C)C.C[N-]C(=O)c1[c-]cccc1.C[N-]C(=O)c1[c-]cccc1.O=C1CCCC(=O)N1.[W+2].[W+2]. The Morgan fingerprint density at radius 3 is 1.17 bits per heavy atom. The van der Waals surface area contributed by atoms with Crippen LogP contribution in [0, 0.1) is 23.0 Å². The minimum Gasteiger partial charge on any atom is -0.697 e. The molecule has 2 N–H and O–H groups in total. The molecule has 2 aliphatic heterocycles. The maximum Gasteiger partial charge on any atom is 2.00 e. The van der Waals surface area contributed by atoms with Crippen LogP contribution in [0.4, 0.5) is 0 Å². The third kappa shape index (κ3) is 38.6. The van der Waals surface area contributed by atoms with Crippen molar-refractivity contribution in [3.63, 3.8) is 0 Å². The van der Waals surface area contributed by atoms with Crippen LogP contribution in [-0.4, -0.2) is 43.6 Å². The average Bonchev–Trinajstić information content (AvgIpc) is 3.05. The smallest absolute Gasteiger partial charge is 0.697 e. The molecule has 2 heterocycles. The van der Waals surface area contributed by atoms with Gasteiger partial charge in [0.25, 0.3) is 0 Å². The Morgan fingerprint density at radius 1 is 0.660 bits per heavy atom. The first-order valence-corrected chi connectivity index (χ1v) is 17.4. The molecular formula is C42H66N4O5W2. The molecule has 0 bridgehead atoms. The molecule has 0 radical (unpaired) electrons. The minimum absolute atomic E-state index is 0. The number of amides is 5. The Hall–Kier alpha value is -2.89. The Morgan fingerprint density at radius 2 is 1.00 bits per heavy atom. The van der Waals surface area contributed by atoms with E-state index in [4.69, 9.17) is 0 Å². The number of piperidine rings is 2. The van der Waals surface area contributed by atoms with Gasteiger partial charge in [-0.2, -0.15) is 0 Å². The van der Waals surface area contributed by atoms with Gasteiger partial charge in [0.1, 0.15) is 0 Å². The van der Waals surface area contributed by atoms with E-state index in [1.54, 1.807) is 36.4 Å². The number of allylic oxidation sites excluding steroid dienone is 1. The molecule has 2 aromatic carbocycles. The van der Waals surface area contributed by atoms with E-state index in [1.807, 2.05) is 12.1 Å². The summed E-state index contributed by atoms with van der Waals surface area (Å²) >= 11 is 0. The van der Waals surface area contributed by atoms with Gasteiger partial charge in [0.15, 0.2) is 0 Å². The minimum atomic E-state index is -0.222. The van der Waals surface area contributed by atoms with Crippen molar-refractivity contribution in [3.8, 4) is 0 Å². The molecule has 296 valence electrons. The monoisotopic (exact) mass is 1070 g/mol. The zero-order valence-corrected chi connectivity index (χ0v) is 39.0. The molecule has 53 heavy (non-hydrogen) atoms. The van der Waals surface area contributed by atoms with E-state index in [9.17, 15) is 24.0 Å². The number of hydrogen-bond donors (Lipinski definition) is 2. The van der Waals surface area contributed by atoms with Gasteiger partial charge in [-0.15, -0.1) is 85.9 Å². The molecule has 0 saturated carbocycles. The van der Waals surface area contributed by atoms with Crippen molar-refractivity contribution in [1.82, 2.24) is 10.6 Å². The molecule has 0 atom stereocenters. The largest absolute Gasteiger partial charge is 2.00 e. The van der Waals surface area contributed by atoms with Crippen molar-refractivity contribution in [3.05, 3.63) is 94.7 Å². The summed E-state index contributed by atoms with van der Waals surface area (Å²) in [5.41, 5.74) is 3.00. The van der Waals surface area contributed by atoms with Crippen LogP contribution in [0.1, 0.15) is 148 Å². The van der Waals surface area contributed by atoms with Gasteiger partial charge in [0.05, 0.1) is 0 Å². The first kappa shape index (κ1) is 59.4. The molecule has 4 rings (SSSR count). The van der Waals surface area contributed by atoms with Gasteiger partial charge in [-0.1, -0.05) is 82.2 Å². The van der Waals surface area contributed by atoms with Crippen LogP contribution in [0.25, 0.3) is 10.6 Å². The average molecular weight is 1070 g/mol. The standard InChI is InChI=1S/2C8H8NO.2C7H16.C6H9NO.C5H7NO2.CH4.2W/c2*1-9-8(10)7-5-3-2-4-6-7;2*1-5-6-7(2,3)4;1-5-3-2-4-6(8)7-5;7-4-2-1-3-5(8)6-4;;;/h2*2-5H,1H3,(H,9,10);2*5-6H2,1-4H3;1-4H2,(H,7,8);1-3H2,(H,6,7,8);1H4;;/q2*-1;;;;;;2*+2/p-2. The van der Waals surface area contributed by atoms with Crippen LogP contribution in [0.2, 0.25) is 0 Å². The number of benzene rings is 2. The third-order valence-electron chi connectivity index (χ3n) is 6.57. The molecule has 0 unspecified atom stereocenters. The molecule has 0 aromatic heterocycles. The van der Waals surface area contributed by atoms with E-state index in [0.717, 1.165) is 18.5 Å². The molecule has 2 aromatic rings. The maximum absolute atomic E-state index is 10.8. The summed E-state index contributed by atoms with van der Waals surface area (Å²) in [7, 11) is 2.95. The van der Waals surface area contributed by atoms with Crippen LogP contribution in [0.15, 0.2) is 60.8 Å². The van der Waals surface area contributed by atoms with Crippen molar-refractivity contribution in [1.29, 1.82) is 0 Å².